The van der Waals surface area contributed by atoms with Crippen LogP contribution < -0.4 is 16.6 Å². The summed E-state index contributed by atoms with van der Waals surface area (Å²) in [5, 5.41) is 3.09. The smallest absolute Gasteiger partial charge is 0.265 e. The van der Waals surface area contributed by atoms with Crippen molar-refractivity contribution in [3.05, 3.63) is 55.9 Å². The monoisotopic (exact) mass is 369 g/mol. The first-order valence-corrected chi connectivity index (χ1v) is 7.26. The second kappa shape index (κ2) is 6.32. The molecule has 0 atom stereocenters. The fraction of sp³-hybridized carbons (Fsp3) is 0.143. The third-order valence-electron chi connectivity index (χ3n) is 2.97. The summed E-state index contributed by atoms with van der Waals surface area (Å²) in [6.45, 7) is 1.59. The van der Waals surface area contributed by atoms with E-state index in [1.54, 1.807) is 31.2 Å². The van der Waals surface area contributed by atoms with Crippen LogP contribution in [0.3, 0.4) is 0 Å². The molecule has 0 fully saturated rings. The standard InChI is InChI=1S/C14H13BrClN3O2/c1-8-10(17)6-19(14(21)13(8)15)7-12(20)18-11-5-3-2-4-9(11)16/h2-6H,7,17H2,1H3,(H,18,20). The molecule has 1 aromatic heterocycles. The first kappa shape index (κ1) is 15.6. The fourth-order valence-corrected chi connectivity index (χ4v) is 2.40. The van der Waals surface area contributed by atoms with Gasteiger partial charge < -0.3 is 15.6 Å². The van der Waals surface area contributed by atoms with E-state index in [1.165, 1.54) is 10.8 Å². The number of nitrogens with one attached hydrogen (secondary N) is 1. The Morgan fingerprint density at radius 3 is 2.76 bits per heavy atom. The van der Waals surface area contributed by atoms with E-state index in [2.05, 4.69) is 21.2 Å². The number of halogens is 2. The molecular formula is C14H13BrClN3O2. The van der Waals surface area contributed by atoms with Gasteiger partial charge in [-0.3, -0.25) is 9.59 Å². The highest BCUT2D eigenvalue weighted by atomic mass is 79.9. The van der Waals surface area contributed by atoms with E-state index in [0.717, 1.165) is 0 Å². The molecule has 1 amide bonds. The number of aromatic nitrogens is 1. The number of rotatable bonds is 3. The van der Waals surface area contributed by atoms with Gasteiger partial charge in [0, 0.05) is 6.20 Å². The zero-order valence-corrected chi connectivity index (χ0v) is 13.5. The minimum atomic E-state index is -0.361. The fourth-order valence-electron chi connectivity index (χ4n) is 1.76. The average molecular weight is 371 g/mol. The van der Waals surface area contributed by atoms with Crippen molar-refractivity contribution in [3.63, 3.8) is 0 Å². The Morgan fingerprint density at radius 2 is 2.10 bits per heavy atom. The van der Waals surface area contributed by atoms with Crippen molar-refractivity contribution in [2.24, 2.45) is 0 Å². The molecule has 1 aromatic carbocycles. The number of pyridine rings is 1. The van der Waals surface area contributed by atoms with E-state index in [9.17, 15) is 9.59 Å². The maximum atomic E-state index is 12.1. The number of hydrogen-bond acceptors (Lipinski definition) is 3. The SMILES string of the molecule is Cc1c(N)cn(CC(=O)Nc2ccccc2Cl)c(=O)c1Br. The molecule has 0 aliphatic heterocycles. The van der Waals surface area contributed by atoms with Crippen LogP contribution in [-0.2, 0) is 11.3 Å². The molecule has 3 N–H and O–H groups in total. The number of benzene rings is 1. The summed E-state index contributed by atoms with van der Waals surface area (Å²) in [5.74, 6) is -0.361. The molecule has 5 nitrogen and oxygen atoms in total. The molecule has 0 bridgehead atoms. The number of nitrogens with zero attached hydrogens (tertiary/aromatic N) is 1. The second-order valence-electron chi connectivity index (χ2n) is 4.48. The van der Waals surface area contributed by atoms with Crippen LogP contribution in [0.1, 0.15) is 5.56 Å². The van der Waals surface area contributed by atoms with Gasteiger partial charge in [-0.2, -0.15) is 0 Å². The van der Waals surface area contributed by atoms with E-state index in [0.29, 0.717) is 26.4 Å². The number of carbonyl (C=O) groups is 1. The third-order valence-corrected chi connectivity index (χ3v) is 4.23. The summed E-state index contributed by atoms with van der Waals surface area (Å²) in [4.78, 5) is 24.1. The molecule has 110 valence electrons. The maximum absolute atomic E-state index is 12.1. The molecule has 0 saturated heterocycles. The van der Waals surface area contributed by atoms with Gasteiger partial charge >= 0.3 is 0 Å². The molecule has 0 radical (unpaired) electrons. The molecule has 2 rings (SSSR count). The highest BCUT2D eigenvalue weighted by molar-refractivity contribution is 9.10. The van der Waals surface area contributed by atoms with Crippen LogP contribution >= 0.6 is 27.5 Å². The summed E-state index contributed by atoms with van der Waals surface area (Å²) in [6, 6.07) is 6.88. The van der Waals surface area contributed by atoms with Crippen molar-refractivity contribution >= 4 is 44.8 Å². The first-order chi connectivity index (χ1) is 9.90. The van der Waals surface area contributed by atoms with Gasteiger partial charge in [-0.05, 0) is 40.5 Å². The molecular weight excluding hydrogens is 358 g/mol. The van der Waals surface area contributed by atoms with Crippen LogP contribution in [0.4, 0.5) is 11.4 Å². The first-order valence-electron chi connectivity index (χ1n) is 6.09. The maximum Gasteiger partial charge on any atom is 0.265 e. The zero-order chi connectivity index (χ0) is 15.6. The average Bonchev–Trinajstić information content (AvgIpc) is 2.45. The molecule has 0 unspecified atom stereocenters. The number of carbonyl (C=O) groups excluding carboxylic acids is 1. The Balaban J connectivity index is 2.21. The predicted octanol–water partition coefficient (Wildman–Crippen LogP) is 2.79. The van der Waals surface area contributed by atoms with Crippen LogP contribution in [0.2, 0.25) is 5.02 Å². The number of amides is 1. The number of hydrogen-bond donors (Lipinski definition) is 2. The van der Waals surface area contributed by atoms with Gasteiger partial charge in [0.05, 0.1) is 20.9 Å². The zero-order valence-electron chi connectivity index (χ0n) is 11.2. The normalized spacial score (nSPS) is 10.4. The van der Waals surface area contributed by atoms with Gasteiger partial charge in [0.1, 0.15) is 6.54 Å². The summed E-state index contributed by atoms with van der Waals surface area (Å²) in [6.07, 6.45) is 1.45. The second-order valence-corrected chi connectivity index (χ2v) is 5.68. The highest BCUT2D eigenvalue weighted by Gasteiger charge is 2.12. The van der Waals surface area contributed by atoms with Crippen molar-refractivity contribution < 1.29 is 4.79 Å². The Morgan fingerprint density at radius 1 is 1.43 bits per heavy atom. The number of para-hydroxylation sites is 1. The van der Waals surface area contributed by atoms with Gasteiger partial charge in [-0.25, -0.2) is 0 Å². The highest BCUT2D eigenvalue weighted by Crippen LogP contribution is 2.20. The van der Waals surface area contributed by atoms with Gasteiger partial charge in [0.15, 0.2) is 0 Å². The van der Waals surface area contributed by atoms with Crippen molar-refractivity contribution in [2.45, 2.75) is 13.5 Å². The van der Waals surface area contributed by atoms with Crippen molar-refractivity contribution in [1.29, 1.82) is 0 Å². The van der Waals surface area contributed by atoms with Crippen molar-refractivity contribution in [3.8, 4) is 0 Å². The lowest BCUT2D eigenvalue weighted by atomic mass is 10.2. The summed E-state index contributed by atoms with van der Waals surface area (Å²) < 4.78 is 1.60. The van der Waals surface area contributed by atoms with Crippen LogP contribution in [-0.4, -0.2) is 10.5 Å². The van der Waals surface area contributed by atoms with Gasteiger partial charge in [-0.1, -0.05) is 23.7 Å². The van der Waals surface area contributed by atoms with Crippen LogP contribution in [0.15, 0.2) is 39.7 Å². The van der Waals surface area contributed by atoms with Gasteiger partial charge in [-0.15, -0.1) is 0 Å². The Bertz CT molecular complexity index is 758. The summed E-state index contributed by atoms with van der Waals surface area (Å²) >= 11 is 9.15. The van der Waals surface area contributed by atoms with E-state index < -0.39 is 0 Å². The lowest BCUT2D eigenvalue weighted by Gasteiger charge is -2.11. The lowest BCUT2D eigenvalue weighted by molar-refractivity contribution is -0.116. The van der Waals surface area contributed by atoms with Crippen LogP contribution in [0.5, 0.6) is 0 Å². The third kappa shape index (κ3) is 3.46. The van der Waals surface area contributed by atoms with Gasteiger partial charge in [0.2, 0.25) is 5.91 Å². The minimum Gasteiger partial charge on any atom is -0.397 e. The van der Waals surface area contributed by atoms with Crippen LogP contribution in [0.25, 0.3) is 0 Å². The Labute approximate surface area is 134 Å². The summed E-state index contributed by atoms with van der Waals surface area (Å²) in [5.41, 5.74) is 7.08. The van der Waals surface area contributed by atoms with E-state index in [1.807, 2.05) is 0 Å². The summed E-state index contributed by atoms with van der Waals surface area (Å²) in [7, 11) is 0. The quantitative estimate of drug-likeness (QED) is 0.872. The molecule has 7 heteroatoms. The molecule has 0 saturated carbocycles. The number of anilines is 2. The largest absolute Gasteiger partial charge is 0.397 e. The Kier molecular flexibility index (Phi) is 4.69. The van der Waals surface area contributed by atoms with E-state index >= 15 is 0 Å². The van der Waals surface area contributed by atoms with Crippen LogP contribution in [0, 0.1) is 6.92 Å². The molecule has 21 heavy (non-hydrogen) atoms. The number of nitrogen functional groups attached to an aromatic ring is 1. The predicted molar refractivity (Wildman–Crippen MR) is 87.6 cm³/mol. The van der Waals surface area contributed by atoms with E-state index in [-0.39, 0.29) is 18.0 Å². The molecule has 1 heterocycles. The lowest BCUT2D eigenvalue weighted by Crippen LogP contribution is -2.28. The molecule has 0 aliphatic carbocycles. The minimum absolute atomic E-state index is 0.146. The molecule has 0 aliphatic rings. The topological polar surface area (TPSA) is 77.1 Å². The van der Waals surface area contributed by atoms with Gasteiger partial charge in [0.25, 0.3) is 5.56 Å². The molecule has 0 spiro atoms. The van der Waals surface area contributed by atoms with E-state index in [4.69, 9.17) is 17.3 Å². The van der Waals surface area contributed by atoms with Crippen molar-refractivity contribution in [1.82, 2.24) is 4.57 Å². The molecule has 2 aromatic rings. The van der Waals surface area contributed by atoms with Crippen molar-refractivity contribution in [2.75, 3.05) is 11.1 Å². The Hall–Kier alpha value is -1.79. The number of nitrogens with two attached hydrogens (primary N) is 1.